The van der Waals surface area contributed by atoms with Crippen LogP contribution in [0, 0.1) is 17.8 Å². The van der Waals surface area contributed by atoms with Crippen LogP contribution < -0.4 is 0 Å². The van der Waals surface area contributed by atoms with Crippen LogP contribution in [0.15, 0.2) is 12.7 Å². The summed E-state index contributed by atoms with van der Waals surface area (Å²) < 4.78 is 0. The fraction of sp³-hybridized carbons (Fsp3) is 0.900. The van der Waals surface area contributed by atoms with Gasteiger partial charge in [0.25, 0.3) is 0 Å². The zero-order chi connectivity index (χ0) is 15.8. The van der Waals surface area contributed by atoms with Crippen molar-refractivity contribution in [3.63, 3.8) is 0 Å². The number of hydrogen-bond acceptors (Lipinski definition) is 1. The molecule has 0 aromatic carbocycles. The van der Waals surface area contributed by atoms with Gasteiger partial charge in [-0.25, -0.2) is 0 Å². The van der Waals surface area contributed by atoms with E-state index in [1.165, 1.54) is 44.9 Å². The molecule has 0 aromatic rings. The highest BCUT2D eigenvalue weighted by Gasteiger charge is 2.36. The molecule has 0 amide bonds. The van der Waals surface area contributed by atoms with E-state index in [9.17, 15) is 0 Å². The van der Waals surface area contributed by atoms with Crippen LogP contribution in [0.5, 0.6) is 0 Å². The zero-order valence-electron chi connectivity index (χ0n) is 15.3. The third kappa shape index (κ3) is 5.43. The van der Waals surface area contributed by atoms with E-state index < -0.39 is 0 Å². The van der Waals surface area contributed by atoms with Crippen LogP contribution in [-0.2, 0) is 0 Å². The van der Waals surface area contributed by atoms with Gasteiger partial charge >= 0.3 is 0 Å². The molecule has 0 aromatic heterocycles. The summed E-state index contributed by atoms with van der Waals surface area (Å²) in [5.74, 6) is 2.72. The van der Waals surface area contributed by atoms with E-state index in [-0.39, 0.29) is 0 Å². The molecular formula is C20H39N. The van der Waals surface area contributed by atoms with Crippen molar-refractivity contribution in [1.29, 1.82) is 0 Å². The smallest absolute Gasteiger partial charge is 0.0155 e. The number of rotatable bonds is 11. The Morgan fingerprint density at radius 1 is 1.19 bits per heavy atom. The highest BCUT2D eigenvalue weighted by atomic mass is 15.2. The Hall–Kier alpha value is -0.300. The molecule has 0 heterocycles. The first kappa shape index (κ1) is 18.7. The normalized spacial score (nSPS) is 26.2. The monoisotopic (exact) mass is 293 g/mol. The van der Waals surface area contributed by atoms with Crippen molar-refractivity contribution in [1.82, 2.24) is 4.90 Å². The molecule has 0 radical (unpaired) electrons. The van der Waals surface area contributed by atoms with Crippen LogP contribution in [0.3, 0.4) is 0 Å². The molecule has 1 fully saturated rings. The van der Waals surface area contributed by atoms with Gasteiger partial charge in [0.15, 0.2) is 0 Å². The molecule has 124 valence electrons. The van der Waals surface area contributed by atoms with Crippen molar-refractivity contribution in [3.05, 3.63) is 12.7 Å². The molecule has 0 aliphatic heterocycles. The minimum absolute atomic E-state index is 0.668. The topological polar surface area (TPSA) is 3.24 Å². The van der Waals surface area contributed by atoms with Crippen molar-refractivity contribution in [2.45, 2.75) is 91.1 Å². The molecule has 21 heavy (non-hydrogen) atoms. The molecule has 0 spiro atoms. The Kier molecular flexibility index (Phi) is 8.63. The van der Waals surface area contributed by atoms with Crippen LogP contribution in [0.4, 0.5) is 0 Å². The number of nitrogens with zero attached hydrogens (tertiary/aromatic N) is 1. The van der Waals surface area contributed by atoms with E-state index in [2.05, 4.69) is 52.3 Å². The van der Waals surface area contributed by atoms with E-state index in [1.807, 2.05) is 0 Å². The van der Waals surface area contributed by atoms with Gasteiger partial charge < -0.3 is 0 Å². The predicted molar refractivity (Wildman–Crippen MR) is 95.6 cm³/mol. The lowest BCUT2D eigenvalue weighted by molar-refractivity contribution is 0.0389. The Bertz CT molecular complexity index is 280. The van der Waals surface area contributed by atoms with Crippen molar-refractivity contribution in [2.75, 3.05) is 7.05 Å². The first-order valence-electron chi connectivity index (χ1n) is 9.37. The van der Waals surface area contributed by atoms with Gasteiger partial charge in [-0.2, -0.15) is 0 Å². The summed E-state index contributed by atoms with van der Waals surface area (Å²) in [4.78, 5) is 2.66. The van der Waals surface area contributed by atoms with Gasteiger partial charge in [-0.15, -0.1) is 6.58 Å². The third-order valence-corrected chi connectivity index (χ3v) is 6.04. The van der Waals surface area contributed by atoms with Gasteiger partial charge in [0, 0.05) is 12.1 Å². The lowest BCUT2D eigenvalue weighted by Gasteiger charge is -2.46. The molecule has 1 aliphatic carbocycles. The second-order valence-electron chi connectivity index (χ2n) is 7.48. The summed E-state index contributed by atoms with van der Waals surface area (Å²) in [6, 6.07) is 1.40. The van der Waals surface area contributed by atoms with Gasteiger partial charge in [-0.3, -0.25) is 4.90 Å². The van der Waals surface area contributed by atoms with Crippen LogP contribution in [0.2, 0.25) is 0 Å². The van der Waals surface area contributed by atoms with Crippen molar-refractivity contribution in [2.24, 2.45) is 17.8 Å². The van der Waals surface area contributed by atoms with Gasteiger partial charge in [0.1, 0.15) is 0 Å². The minimum atomic E-state index is 0.668. The largest absolute Gasteiger partial charge is 0.300 e. The Morgan fingerprint density at radius 3 is 2.38 bits per heavy atom. The molecule has 0 saturated heterocycles. The maximum absolute atomic E-state index is 3.97. The standard InChI is InChI=1S/C20H39N/c1-7-10-11-13-18-14-19(15-18)17(5)21(6)20(12-8-2)16(4)9-3/h8,16-20H,2,7,9-15H2,1,3-6H3. The Labute approximate surface area is 134 Å². The van der Waals surface area contributed by atoms with Gasteiger partial charge in [-0.1, -0.05) is 59.0 Å². The number of unbranched alkanes of at least 4 members (excludes halogenated alkanes) is 2. The quantitative estimate of drug-likeness (QED) is 0.338. The average Bonchev–Trinajstić information content (AvgIpc) is 2.45. The average molecular weight is 294 g/mol. The summed E-state index contributed by atoms with van der Waals surface area (Å²) >= 11 is 0. The molecule has 1 rings (SSSR count). The second-order valence-corrected chi connectivity index (χ2v) is 7.48. The molecular weight excluding hydrogens is 254 g/mol. The summed E-state index contributed by atoms with van der Waals surface area (Å²) in [7, 11) is 2.34. The molecule has 1 heteroatoms. The van der Waals surface area contributed by atoms with E-state index in [4.69, 9.17) is 0 Å². The molecule has 3 unspecified atom stereocenters. The van der Waals surface area contributed by atoms with E-state index in [0.29, 0.717) is 6.04 Å². The zero-order valence-corrected chi connectivity index (χ0v) is 15.3. The van der Waals surface area contributed by atoms with E-state index in [1.54, 1.807) is 0 Å². The van der Waals surface area contributed by atoms with Crippen LogP contribution >= 0.6 is 0 Å². The fourth-order valence-electron chi connectivity index (χ4n) is 3.98. The van der Waals surface area contributed by atoms with Gasteiger partial charge in [0.2, 0.25) is 0 Å². The molecule has 0 N–H and O–H groups in total. The van der Waals surface area contributed by atoms with Gasteiger partial charge in [0.05, 0.1) is 0 Å². The summed E-state index contributed by atoms with van der Waals surface area (Å²) in [6.07, 6.45) is 13.1. The summed E-state index contributed by atoms with van der Waals surface area (Å²) in [5.41, 5.74) is 0. The second kappa shape index (κ2) is 9.66. The van der Waals surface area contributed by atoms with Crippen LogP contribution in [-0.4, -0.2) is 24.0 Å². The maximum Gasteiger partial charge on any atom is 0.0155 e. The maximum atomic E-state index is 3.97. The van der Waals surface area contributed by atoms with E-state index in [0.717, 1.165) is 30.2 Å². The Morgan fingerprint density at radius 2 is 1.86 bits per heavy atom. The first-order valence-corrected chi connectivity index (χ1v) is 9.37. The van der Waals surface area contributed by atoms with Crippen LogP contribution in [0.25, 0.3) is 0 Å². The van der Waals surface area contributed by atoms with Crippen molar-refractivity contribution < 1.29 is 0 Å². The highest BCUT2D eigenvalue weighted by molar-refractivity contribution is 4.91. The lowest BCUT2D eigenvalue weighted by atomic mass is 9.69. The van der Waals surface area contributed by atoms with E-state index >= 15 is 0 Å². The lowest BCUT2D eigenvalue weighted by Crippen LogP contribution is -2.48. The first-order chi connectivity index (χ1) is 10.0. The molecule has 1 aliphatic rings. The summed E-state index contributed by atoms with van der Waals surface area (Å²) in [5, 5.41) is 0. The third-order valence-electron chi connectivity index (χ3n) is 6.04. The predicted octanol–water partition coefficient (Wildman–Crippen LogP) is 5.90. The minimum Gasteiger partial charge on any atom is -0.300 e. The van der Waals surface area contributed by atoms with Crippen molar-refractivity contribution in [3.8, 4) is 0 Å². The SMILES string of the molecule is C=CCC(C(C)CC)N(C)C(C)C1CC(CCCCC)C1. The summed E-state index contributed by atoms with van der Waals surface area (Å²) in [6.45, 7) is 13.4. The molecule has 1 saturated carbocycles. The molecule has 3 atom stereocenters. The van der Waals surface area contributed by atoms with Crippen LogP contribution in [0.1, 0.15) is 79.1 Å². The van der Waals surface area contributed by atoms with Gasteiger partial charge in [-0.05, 0) is 51.0 Å². The fourth-order valence-corrected chi connectivity index (χ4v) is 3.98. The molecule has 1 nitrogen and oxygen atoms in total. The highest BCUT2D eigenvalue weighted by Crippen LogP contribution is 2.41. The van der Waals surface area contributed by atoms with Crippen molar-refractivity contribution >= 4 is 0 Å². The molecule has 0 bridgehead atoms. The Balaban J connectivity index is 2.40. The number of hydrogen-bond donors (Lipinski definition) is 0.